The monoisotopic (exact) mass is 302 g/mol. The molecule has 7 heteroatoms. The third kappa shape index (κ3) is 6.40. The van der Waals surface area contributed by atoms with E-state index >= 15 is 0 Å². The number of carbonyl (C=O) groups is 1. The molecule has 1 aromatic carbocycles. The highest BCUT2D eigenvalue weighted by Crippen LogP contribution is 2.30. The van der Waals surface area contributed by atoms with Crippen LogP contribution in [0.15, 0.2) is 18.2 Å². The lowest BCUT2D eigenvalue weighted by Gasteiger charge is -2.18. The number of rotatable bonds is 7. The molecule has 0 radical (unpaired) electrons. The van der Waals surface area contributed by atoms with Gasteiger partial charge in [-0.05, 0) is 32.4 Å². The van der Waals surface area contributed by atoms with Crippen molar-refractivity contribution in [3.8, 4) is 11.5 Å². The molecule has 0 heterocycles. The van der Waals surface area contributed by atoms with Gasteiger partial charge in [0.15, 0.2) is 0 Å². The standard InChI is InChI=1S/C14H20F2N2O3/c1-14(2,17)7-6-12(19)18-10-8-9(20-3)4-5-11(10)21-13(15)16/h4-5,8,13H,6-7,17H2,1-3H3,(H,18,19). The van der Waals surface area contributed by atoms with Crippen molar-refractivity contribution in [3.63, 3.8) is 0 Å². The summed E-state index contributed by atoms with van der Waals surface area (Å²) in [5, 5.41) is 2.53. The summed E-state index contributed by atoms with van der Waals surface area (Å²) < 4.78 is 34.0. The molecule has 0 saturated carbocycles. The Balaban J connectivity index is 2.81. The minimum Gasteiger partial charge on any atom is -0.497 e. The zero-order valence-corrected chi connectivity index (χ0v) is 12.3. The van der Waals surface area contributed by atoms with Crippen LogP contribution in [0.1, 0.15) is 26.7 Å². The van der Waals surface area contributed by atoms with Gasteiger partial charge in [0.1, 0.15) is 11.5 Å². The molecule has 1 rings (SSSR count). The Labute approximate surface area is 122 Å². The number of methoxy groups -OCH3 is 1. The van der Waals surface area contributed by atoms with Gasteiger partial charge in [-0.25, -0.2) is 0 Å². The molecule has 21 heavy (non-hydrogen) atoms. The van der Waals surface area contributed by atoms with Crippen LogP contribution in [0.5, 0.6) is 11.5 Å². The molecule has 5 nitrogen and oxygen atoms in total. The fraction of sp³-hybridized carbons (Fsp3) is 0.500. The van der Waals surface area contributed by atoms with Gasteiger partial charge in [-0.3, -0.25) is 4.79 Å². The van der Waals surface area contributed by atoms with Crippen LogP contribution in [-0.4, -0.2) is 25.2 Å². The van der Waals surface area contributed by atoms with Crippen molar-refractivity contribution < 1.29 is 23.0 Å². The van der Waals surface area contributed by atoms with Gasteiger partial charge in [-0.15, -0.1) is 0 Å². The molecule has 118 valence electrons. The number of carbonyl (C=O) groups excluding carboxylic acids is 1. The molecule has 0 unspecified atom stereocenters. The van der Waals surface area contributed by atoms with Crippen LogP contribution in [0.2, 0.25) is 0 Å². The first-order valence-electron chi connectivity index (χ1n) is 6.43. The van der Waals surface area contributed by atoms with E-state index in [0.717, 1.165) is 0 Å². The Bertz CT molecular complexity index is 488. The quantitative estimate of drug-likeness (QED) is 0.812. The number of nitrogens with one attached hydrogen (secondary N) is 1. The second-order valence-electron chi connectivity index (χ2n) is 5.28. The second-order valence-corrected chi connectivity index (χ2v) is 5.28. The highest BCUT2D eigenvalue weighted by molar-refractivity contribution is 5.92. The predicted molar refractivity (Wildman–Crippen MR) is 75.8 cm³/mol. The van der Waals surface area contributed by atoms with Crippen LogP contribution in [0.3, 0.4) is 0 Å². The first kappa shape index (κ1) is 17.2. The largest absolute Gasteiger partial charge is 0.497 e. The van der Waals surface area contributed by atoms with E-state index in [0.29, 0.717) is 12.2 Å². The van der Waals surface area contributed by atoms with Crippen LogP contribution < -0.4 is 20.5 Å². The molecule has 0 spiro atoms. The van der Waals surface area contributed by atoms with Crippen LogP contribution in [0.4, 0.5) is 14.5 Å². The highest BCUT2D eigenvalue weighted by atomic mass is 19.3. The van der Waals surface area contributed by atoms with Crippen LogP contribution >= 0.6 is 0 Å². The average Bonchev–Trinajstić information content (AvgIpc) is 2.37. The molecule has 0 atom stereocenters. The van der Waals surface area contributed by atoms with Gasteiger partial charge in [0.05, 0.1) is 12.8 Å². The molecular weight excluding hydrogens is 282 g/mol. The van der Waals surface area contributed by atoms with E-state index in [1.54, 1.807) is 13.8 Å². The maximum Gasteiger partial charge on any atom is 0.387 e. The van der Waals surface area contributed by atoms with Gasteiger partial charge < -0.3 is 20.5 Å². The van der Waals surface area contributed by atoms with E-state index in [1.165, 1.54) is 25.3 Å². The lowest BCUT2D eigenvalue weighted by atomic mass is 10.00. The first-order chi connectivity index (χ1) is 9.71. The minimum atomic E-state index is -2.97. The van der Waals surface area contributed by atoms with Crippen molar-refractivity contribution in [2.24, 2.45) is 5.73 Å². The van der Waals surface area contributed by atoms with Gasteiger partial charge in [-0.2, -0.15) is 8.78 Å². The maximum atomic E-state index is 12.3. The summed E-state index contributed by atoms with van der Waals surface area (Å²) in [6.45, 7) is 0.630. The number of benzene rings is 1. The number of amides is 1. The van der Waals surface area contributed by atoms with E-state index in [1.807, 2.05) is 0 Å². The van der Waals surface area contributed by atoms with Crippen LogP contribution in [0.25, 0.3) is 0 Å². The summed E-state index contributed by atoms with van der Waals surface area (Å²) in [6, 6.07) is 4.20. The molecule has 0 bridgehead atoms. The fourth-order valence-electron chi connectivity index (χ4n) is 1.58. The van der Waals surface area contributed by atoms with Gasteiger partial charge in [0.25, 0.3) is 0 Å². The molecule has 0 aliphatic carbocycles. The third-order valence-electron chi connectivity index (χ3n) is 2.67. The Morgan fingerprint density at radius 3 is 2.62 bits per heavy atom. The Kier molecular flexibility index (Phi) is 5.90. The molecule has 1 aromatic rings. The molecule has 0 fully saturated rings. The van der Waals surface area contributed by atoms with Crippen LogP contribution in [-0.2, 0) is 4.79 Å². The lowest BCUT2D eigenvalue weighted by molar-refractivity contribution is -0.116. The molecule has 0 aliphatic rings. The summed E-state index contributed by atoms with van der Waals surface area (Å²) in [5.74, 6) is -0.0295. The first-order valence-corrected chi connectivity index (χ1v) is 6.43. The van der Waals surface area contributed by atoms with E-state index in [2.05, 4.69) is 10.1 Å². The molecule has 0 aromatic heterocycles. The molecule has 0 saturated heterocycles. The second kappa shape index (κ2) is 7.21. The van der Waals surface area contributed by atoms with Crippen LogP contribution in [0, 0.1) is 0 Å². The van der Waals surface area contributed by atoms with E-state index < -0.39 is 12.2 Å². The van der Waals surface area contributed by atoms with Crippen molar-refractivity contribution in [2.45, 2.75) is 38.8 Å². The van der Waals surface area contributed by atoms with Crippen molar-refractivity contribution in [2.75, 3.05) is 12.4 Å². The predicted octanol–water partition coefficient (Wildman–Crippen LogP) is 2.75. The summed E-state index contributed by atoms with van der Waals surface area (Å²) >= 11 is 0. The lowest BCUT2D eigenvalue weighted by Crippen LogP contribution is -2.33. The molecular formula is C14H20F2N2O3. The number of halogens is 2. The average molecular weight is 302 g/mol. The van der Waals surface area contributed by atoms with E-state index in [-0.39, 0.29) is 23.8 Å². The van der Waals surface area contributed by atoms with E-state index in [4.69, 9.17) is 10.5 Å². The smallest absolute Gasteiger partial charge is 0.387 e. The number of anilines is 1. The van der Waals surface area contributed by atoms with Gasteiger partial charge in [0, 0.05) is 18.0 Å². The van der Waals surface area contributed by atoms with Crippen molar-refractivity contribution in [3.05, 3.63) is 18.2 Å². The minimum absolute atomic E-state index is 0.119. The summed E-state index contributed by atoms with van der Waals surface area (Å²) in [5.41, 5.74) is 5.45. The number of hydrogen-bond donors (Lipinski definition) is 2. The Morgan fingerprint density at radius 2 is 2.10 bits per heavy atom. The number of nitrogens with two attached hydrogens (primary N) is 1. The molecule has 3 N–H and O–H groups in total. The zero-order valence-electron chi connectivity index (χ0n) is 12.3. The van der Waals surface area contributed by atoms with Crippen molar-refractivity contribution in [1.82, 2.24) is 0 Å². The van der Waals surface area contributed by atoms with Crippen molar-refractivity contribution in [1.29, 1.82) is 0 Å². The SMILES string of the molecule is COc1ccc(OC(F)F)c(NC(=O)CCC(C)(C)N)c1. The van der Waals surface area contributed by atoms with Gasteiger partial charge in [0.2, 0.25) is 5.91 Å². The number of hydrogen-bond acceptors (Lipinski definition) is 4. The molecule has 0 aliphatic heterocycles. The topological polar surface area (TPSA) is 73.6 Å². The van der Waals surface area contributed by atoms with E-state index in [9.17, 15) is 13.6 Å². The Hall–Kier alpha value is -1.89. The van der Waals surface area contributed by atoms with Gasteiger partial charge in [-0.1, -0.05) is 0 Å². The Morgan fingerprint density at radius 1 is 1.43 bits per heavy atom. The normalized spacial score (nSPS) is 11.4. The zero-order chi connectivity index (χ0) is 16.0. The van der Waals surface area contributed by atoms with Gasteiger partial charge >= 0.3 is 6.61 Å². The fourth-order valence-corrected chi connectivity index (χ4v) is 1.58. The summed E-state index contributed by atoms with van der Waals surface area (Å²) in [6.07, 6.45) is 0.642. The van der Waals surface area contributed by atoms with Crippen molar-refractivity contribution >= 4 is 11.6 Å². The third-order valence-corrected chi connectivity index (χ3v) is 2.67. The summed E-state index contributed by atoms with van der Waals surface area (Å²) in [4.78, 5) is 11.8. The highest BCUT2D eigenvalue weighted by Gasteiger charge is 2.16. The maximum absolute atomic E-state index is 12.3. The molecule has 1 amide bonds. The number of ether oxygens (including phenoxy) is 2. The number of alkyl halides is 2. The summed E-state index contributed by atoms with van der Waals surface area (Å²) in [7, 11) is 1.44.